The fourth-order valence-electron chi connectivity index (χ4n) is 6.16. The maximum absolute atomic E-state index is 4.28. The quantitative estimate of drug-likeness (QED) is 0.197. The first-order chi connectivity index (χ1) is 20.9. The lowest BCUT2D eigenvalue weighted by Crippen LogP contribution is -2.11. The van der Waals surface area contributed by atoms with Crippen molar-refractivity contribution in [2.75, 3.05) is 9.80 Å². The predicted octanol–water partition coefficient (Wildman–Crippen LogP) is 10.3. The lowest BCUT2D eigenvalue weighted by Gasteiger charge is -2.29. The van der Waals surface area contributed by atoms with Crippen LogP contribution in [0.5, 0.6) is 0 Å². The van der Waals surface area contributed by atoms with Gasteiger partial charge in [0.25, 0.3) is 0 Å². The molecule has 6 aromatic carbocycles. The van der Waals surface area contributed by atoms with Crippen LogP contribution in [0.4, 0.5) is 34.1 Å². The second kappa shape index (κ2) is 10.0. The minimum Gasteiger partial charge on any atom is -0.310 e. The van der Waals surface area contributed by atoms with Gasteiger partial charge in [0.15, 0.2) is 0 Å². The van der Waals surface area contributed by atoms with E-state index in [1.54, 1.807) is 0 Å². The molecule has 42 heavy (non-hydrogen) atoms. The molecule has 0 bridgehead atoms. The lowest BCUT2D eigenvalue weighted by atomic mass is 9.91. The number of pyridine rings is 2. The maximum atomic E-state index is 4.28. The van der Waals surface area contributed by atoms with Gasteiger partial charge in [0.05, 0.1) is 11.4 Å². The van der Waals surface area contributed by atoms with E-state index in [-0.39, 0.29) is 0 Å². The molecule has 0 spiro atoms. The van der Waals surface area contributed by atoms with E-state index in [4.69, 9.17) is 0 Å². The van der Waals surface area contributed by atoms with Crippen LogP contribution in [-0.2, 0) is 0 Å². The first kappa shape index (κ1) is 24.1. The summed E-state index contributed by atoms with van der Waals surface area (Å²) in [4.78, 5) is 13.2. The molecule has 0 unspecified atom stereocenters. The van der Waals surface area contributed by atoms with Gasteiger partial charge in [-0.1, -0.05) is 72.8 Å². The number of para-hydroxylation sites is 2. The molecule has 0 aliphatic heterocycles. The largest absolute Gasteiger partial charge is 0.310 e. The highest BCUT2D eigenvalue weighted by Crippen LogP contribution is 2.47. The molecule has 4 nitrogen and oxygen atoms in total. The van der Waals surface area contributed by atoms with Crippen LogP contribution in [0, 0.1) is 0 Å². The summed E-state index contributed by atoms with van der Waals surface area (Å²) in [5, 5.41) is 7.39. The highest BCUT2D eigenvalue weighted by Gasteiger charge is 2.21. The van der Waals surface area contributed by atoms with Crippen molar-refractivity contribution in [2.45, 2.75) is 0 Å². The van der Waals surface area contributed by atoms with E-state index in [0.29, 0.717) is 0 Å². The Labute approximate surface area is 244 Å². The second-order valence-corrected chi connectivity index (χ2v) is 10.3. The third-order valence-corrected chi connectivity index (χ3v) is 7.97. The molecule has 0 radical (unpaired) electrons. The molecular weight excluding hydrogens is 512 g/mol. The number of aromatic nitrogens is 2. The van der Waals surface area contributed by atoms with E-state index in [0.717, 1.165) is 34.1 Å². The van der Waals surface area contributed by atoms with Gasteiger partial charge < -0.3 is 9.80 Å². The molecule has 0 aliphatic carbocycles. The van der Waals surface area contributed by atoms with Crippen molar-refractivity contribution in [1.29, 1.82) is 0 Å². The van der Waals surface area contributed by atoms with Crippen LogP contribution in [0.25, 0.3) is 32.3 Å². The second-order valence-electron chi connectivity index (χ2n) is 10.3. The molecular formula is C38H26N4. The Kier molecular flexibility index (Phi) is 5.75. The number of benzene rings is 6. The summed E-state index contributed by atoms with van der Waals surface area (Å²) in [6, 6.07) is 47.4. The SMILES string of the molecule is c1ccc(N(c2ccncc2)c2ccc3ccc4c(N(c5ccccc5)c5ccncc5)ccc5ccc2c3c54)cc1. The van der Waals surface area contributed by atoms with Crippen LogP contribution in [0.3, 0.4) is 0 Å². The Morgan fingerprint density at radius 2 is 0.690 bits per heavy atom. The smallest absolute Gasteiger partial charge is 0.0540 e. The summed E-state index contributed by atoms with van der Waals surface area (Å²) >= 11 is 0. The van der Waals surface area contributed by atoms with Gasteiger partial charge in [0.2, 0.25) is 0 Å². The van der Waals surface area contributed by atoms with Gasteiger partial charge in [0.1, 0.15) is 0 Å². The van der Waals surface area contributed by atoms with Crippen LogP contribution >= 0.6 is 0 Å². The number of nitrogens with zero attached hydrogens (tertiary/aromatic N) is 4. The molecule has 2 aromatic heterocycles. The molecule has 0 saturated heterocycles. The van der Waals surface area contributed by atoms with Gasteiger partial charge >= 0.3 is 0 Å². The van der Waals surface area contributed by atoms with Crippen molar-refractivity contribution in [3.63, 3.8) is 0 Å². The third-order valence-electron chi connectivity index (χ3n) is 7.97. The Morgan fingerprint density at radius 1 is 0.333 bits per heavy atom. The average molecular weight is 539 g/mol. The highest BCUT2D eigenvalue weighted by atomic mass is 15.2. The third kappa shape index (κ3) is 3.93. The van der Waals surface area contributed by atoms with Gasteiger partial charge in [0, 0.05) is 58.3 Å². The molecule has 8 aromatic rings. The maximum Gasteiger partial charge on any atom is 0.0540 e. The fourth-order valence-corrected chi connectivity index (χ4v) is 6.16. The first-order valence-corrected chi connectivity index (χ1v) is 14.1. The molecule has 2 heterocycles. The van der Waals surface area contributed by atoms with Crippen molar-refractivity contribution >= 4 is 66.4 Å². The van der Waals surface area contributed by atoms with Gasteiger partial charge in [-0.05, 0) is 82.2 Å². The number of anilines is 6. The number of rotatable bonds is 6. The molecule has 0 aliphatic rings. The summed E-state index contributed by atoms with van der Waals surface area (Å²) in [7, 11) is 0. The Morgan fingerprint density at radius 3 is 1.10 bits per heavy atom. The Bertz CT molecular complexity index is 1890. The Hall–Kier alpha value is -5.74. The molecule has 0 fully saturated rings. The number of hydrogen-bond acceptors (Lipinski definition) is 4. The zero-order valence-electron chi connectivity index (χ0n) is 22.8. The molecule has 0 saturated carbocycles. The minimum atomic E-state index is 1.07. The summed E-state index contributed by atoms with van der Waals surface area (Å²) in [5.74, 6) is 0. The molecule has 8 rings (SSSR count). The zero-order chi connectivity index (χ0) is 27.9. The average Bonchev–Trinajstić information content (AvgIpc) is 3.07. The fraction of sp³-hybridized carbons (Fsp3) is 0. The van der Waals surface area contributed by atoms with E-state index in [9.17, 15) is 0 Å². The molecule has 0 N–H and O–H groups in total. The van der Waals surface area contributed by atoms with Gasteiger partial charge in [-0.25, -0.2) is 0 Å². The van der Waals surface area contributed by atoms with E-state index in [1.165, 1.54) is 32.3 Å². The predicted molar refractivity (Wildman–Crippen MR) is 175 cm³/mol. The standard InChI is InChI=1S/C38H26N4/c1-3-7-29(8-4-1)41(31-19-23-39-24-20-31)35-17-13-27-12-16-34-36(18-14-28-11-15-33(35)37(27)38(28)34)42(30-9-5-2-6-10-30)32-21-25-40-26-22-32/h1-26H. The normalized spacial score (nSPS) is 11.3. The van der Waals surface area contributed by atoms with E-state index in [2.05, 4.69) is 153 Å². The van der Waals surface area contributed by atoms with Crippen molar-refractivity contribution in [2.24, 2.45) is 0 Å². The van der Waals surface area contributed by atoms with Crippen LogP contribution in [0.15, 0.2) is 158 Å². The Balaban J connectivity index is 1.42. The summed E-state index contributed by atoms with van der Waals surface area (Å²) in [6.07, 6.45) is 7.41. The molecule has 198 valence electrons. The van der Waals surface area contributed by atoms with Crippen molar-refractivity contribution in [3.8, 4) is 0 Å². The minimum absolute atomic E-state index is 1.07. The van der Waals surface area contributed by atoms with Crippen molar-refractivity contribution in [1.82, 2.24) is 9.97 Å². The van der Waals surface area contributed by atoms with Gasteiger partial charge in [-0.15, -0.1) is 0 Å². The van der Waals surface area contributed by atoms with E-state index >= 15 is 0 Å². The molecule has 0 amide bonds. The van der Waals surface area contributed by atoms with Crippen molar-refractivity contribution < 1.29 is 0 Å². The van der Waals surface area contributed by atoms with Crippen LogP contribution < -0.4 is 9.80 Å². The topological polar surface area (TPSA) is 32.3 Å². The zero-order valence-corrected chi connectivity index (χ0v) is 22.8. The molecule has 0 atom stereocenters. The van der Waals surface area contributed by atoms with E-state index < -0.39 is 0 Å². The van der Waals surface area contributed by atoms with E-state index in [1.807, 2.05) is 24.8 Å². The molecule has 4 heteroatoms. The summed E-state index contributed by atoms with van der Waals surface area (Å²) < 4.78 is 0. The summed E-state index contributed by atoms with van der Waals surface area (Å²) in [6.45, 7) is 0. The van der Waals surface area contributed by atoms with Crippen molar-refractivity contribution in [3.05, 3.63) is 158 Å². The lowest BCUT2D eigenvalue weighted by molar-refractivity contribution is 1.25. The van der Waals surface area contributed by atoms with Crippen LogP contribution in [0.1, 0.15) is 0 Å². The summed E-state index contributed by atoms with van der Waals surface area (Å²) in [5.41, 5.74) is 6.61. The van der Waals surface area contributed by atoms with Crippen LogP contribution in [0.2, 0.25) is 0 Å². The van der Waals surface area contributed by atoms with Crippen LogP contribution in [-0.4, -0.2) is 9.97 Å². The highest BCUT2D eigenvalue weighted by molar-refractivity contribution is 6.28. The number of hydrogen-bond donors (Lipinski definition) is 0. The first-order valence-electron chi connectivity index (χ1n) is 14.1. The monoisotopic (exact) mass is 538 g/mol. The van der Waals surface area contributed by atoms with Gasteiger partial charge in [-0.2, -0.15) is 0 Å². The van der Waals surface area contributed by atoms with Gasteiger partial charge in [-0.3, -0.25) is 9.97 Å².